The molecule has 224 valence electrons. The van der Waals surface area contributed by atoms with Gasteiger partial charge in [-0.2, -0.15) is 15.6 Å². The summed E-state index contributed by atoms with van der Waals surface area (Å²) in [6.07, 6.45) is 9.15. The minimum absolute atomic E-state index is 0.0173. The number of aromatic nitrogens is 3. The van der Waals surface area contributed by atoms with E-state index in [1.165, 1.54) is 0 Å². The summed E-state index contributed by atoms with van der Waals surface area (Å²) in [6.45, 7) is 10.1. The molecule has 8 nitrogen and oxygen atoms in total. The summed E-state index contributed by atoms with van der Waals surface area (Å²) in [5.41, 5.74) is 3.86. The Kier molecular flexibility index (Phi) is 7.71. The van der Waals surface area contributed by atoms with Crippen molar-refractivity contribution in [2.45, 2.75) is 50.7 Å². The van der Waals surface area contributed by atoms with Crippen LogP contribution in [0, 0.1) is 35.4 Å². The van der Waals surface area contributed by atoms with E-state index in [0.717, 1.165) is 54.8 Å². The van der Waals surface area contributed by atoms with E-state index >= 15 is 4.39 Å². The molecular weight excluding hydrogens is 551 g/mol. The molecule has 4 heterocycles. The third-order valence-corrected chi connectivity index (χ3v) is 9.43. The summed E-state index contributed by atoms with van der Waals surface area (Å²) in [6, 6.07) is 12.2. The van der Waals surface area contributed by atoms with Gasteiger partial charge in [-0.1, -0.05) is 43.0 Å². The van der Waals surface area contributed by atoms with E-state index in [0.29, 0.717) is 34.1 Å². The lowest BCUT2D eigenvalue weighted by Gasteiger charge is -2.52. The Morgan fingerprint density at radius 2 is 2.05 bits per heavy atom. The Bertz CT molecular complexity index is 1880. The number of fused-ring (bicyclic) bond motifs is 3. The second kappa shape index (κ2) is 11.5. The number of anilines is 1. The van der Waals surface area contributed by atoms with Gasteiger partial charge < -0.3 is 15.1 Å². The molecule has 6 rings (SSSR count). The van der Waals surface area contributed by atoms with E-state index in [-0.39, 0.29) is 23.1 Å². The summed E-state index contributed by atoms with van der Waals surface area (Å²) in [4.78, 5) is 9.44. The molecule has 0 amide bonds. The molecule has 0 aliphatic carbocycles. The summed E-state index contributed by atoms with van der Waals surface area (Å²) in [7, 11) is 4.15. The van der Waals surface area contributed by atoms with Crippen molar-refractivity contribution in [1.29, 1.82) is 10.5 Å². The molecule has 0 saturated carbocycles. The fourth-order valence-corrected chi connectivity index (χ4v) is 6.76. The van der Waals surface area contributed by atoms with Gasteiger partial charge in [0.25, 0.3) is 0 Å². The maximum atomic E-state index is 17.0. The van der Waals surface area contributed by atoms with E-state index in [2.05, 4.69) is 54.9 Å². The lowest BCUT2D eigenvalue weighted by molar-refractivity contribution is 0.133. The molecule has 4 aromatic rings. The quantitative estimate of drug-likeness (QED) is 0.260. The highest BCUT2D eigenvalue weighted by Gasteiger charge is 2.42. The molecule has 2 aromatic carbocycles. The van der Waals surface area contributed by atoms with Gasteiger partial charge in [0.05, 0.1) is 46.7 Å². The molecule has 2 saturated heterocycles. The molecule has 2 aliphatic rings. The second-order valence-electron chi connectivity index (χ2n) is 12.5. The van der Waals surface area contributed by atoms with Crippen molar-refractivity contribution in [3.05, 3.63) is 71.7 Å². The van der Waals surface area contributed by atoms with Crippen LogP contribution in [0.25, 0.3) is 39.0 Å². The number of likely N-dealkylation sites (N-methyl/N-ethyl adjacent to an activating group) is 1. The van der Waals surface area contributed by atoms with Gasteiger partial charge in [-0.15, -0.1) is 0 Å². The van der Waals surface area contributed by atoms with Crippen LogP contribution in [0.2, 0.25) is 0 Å². The van der Waals surface area contributed by atoms with Crippen molar-refractivity contribution in [2.24, 2.45) is 0 Å². The zero-order chi connectivity index (χ0) is 31.2. The van der Waals surface area contributed by atoms with Gasteiger partial charge in [0, 0.05) is 35.6 Å². The average molecular weight is 589 g/mol. The molecule has 2 aliphatic heterocycles. The Morgan fingerprint density at radius 3 is 2.75 bits per heavy atom. The van der Waals surface area contributed by atoms with Gasteiger partial charge in [-0.05, 0) is 64.5 Å². The molecule has 2 fully saturated rings. The summed E-state index contributed by atoms with van der Waals surface area (Å²) >= 11 is 0. The molecule has 44 heavy (non-hydrogen) atoms. The molecule has 9 heteroatoms. The van der Waals surface area contributed by atoms with Gasteiger partial charge in [-0.25, -0.2) is 9.37 Å². The summed E-state index contributed by atoms with van der Waals surface area (Å²) in [5.74, 6) is 0.276. The number of nitrogens with zero attached hydrogens (tertiary/aromatic N) is 7. The van der Waals surface area contributed by atoms with Gasteiger partial charge in [0.1, 0.15) is 17.4 Å². The Morgan fingerprint density at radius 1 is 1.25 bits per heavy atom. The number of nitriles is 2. The molecule has 2 aromatic heterocycles. The zero-order valence-corrected chi connectivity index (χ0v) is 25.7. The first-order valence-electron chi connectivity index (χ1n) is 15.1. The highest BCUT2D eigenvalue weighted by molar-refractivity contribution is 6.10. The van der Waals surface area contributed by atoms with E-state index in [1.54, 1.807) is 18.2 Å². The lowest BCUT2D eigenvalue weighted by atomic mass is 9.89. The molecule has 1 N–H and O–H groups in total. The highest BCUT2D eigenvalue weighted by Crippen LogP contribution is 2.42. The van der Waals surface area contributed by atoms with E-state index in [4.69, 9.17) is 10.1 Å². The van der Waals surface area contributed by atoms with Crippen molar-refractivity contribution in [1.82, 2.24) is 25.0 Å². The monoisotopic (exact) mass is 588 g/mol. The second-order valence-corrected chi connectivity index (χ2v) is 12.5. The first-order valence-corrected chi connectivity index (χ1v) is 15.1. The minimum atomic E-state index is -0.444. The predicted octanol–water partition coefficient (Wildman–Crippen LogP) is 6.12. The van der Waals surface area contributed by atoms with Crippen LogP contribution in [0.5, 0.6) is 0 Å². The summed E-state index contributed by atoms with van der Waals surface area (Å²) in [5, 5.41) is 29.4. The van der Waals surface area contributed by atoms with Crippen molar-refractivity contribution in [3.63, 3.8) is 0 Å². The number of aryl methyl sites for hydroxylation is 1. The number of hydrogen-bond donors (Lipinski definition) is 1. The lowest BCUT2D eigenvalue weighted by Crippen LogP contribution is -2.67. The molecule has 0 radical (unpaired) electrons. The first-order chi connectivity index (χ1) is 21.2. The van der Waals surface area contributed by atoms with Gasteiger partial charge in [0.2, 0.25) is 0 Å². The number of rotatable bonds is 7. The minimum Gasteiger partial charge on any atom is -0.352 e. The van der Waals surface area contributed by atoms with Crippen LogP contribution in [0.4, 0.5) is 10.2 Å². The van der Waals surface area contributed by atoms with Crippen LogP contribution in [0.3, 0.4) is 0 Å². The Hall–Kier alpha value is -4.57. The normalized spacial score (nSPS) is 19.8. The standard InChI is InChI=1S/C35H37FN8/c1-6-7-9-23-10-8-11-26(28(23)18-38)30-22(2)16-27-32(31(30)36)41-34(43-20-35(3,21-43)42(4)5)29-19-40-44(33(27)29)25-13-15-39-24(17-25)12-14-37/h6-11,16,19,24-25,39H,1,12-13,15,17,20-21H2,2-5H3/b9-7-/t24-,25?/m1/s1. The fraction of sp³-hybridized carbons (Fsp3) is 0.371. The van der Waals surface area contributed by atoms with Gasteiger partial charge in [-0.3, -0.25) is 4.68 Å². The number of benzene rings is 2. The Balaban J connectivity index is 1.59. The van der Waals surface area contributed by atoms with Crippen LogP contribution in [0.1, 0.15) is 48.9 Å². The van der Waals surface area contributed by atoms with Crippen molar-refractivity contribution in [3.8, 4) is 23.3 Å². The van der Waals surface area contributed by atoms with Crippen LogP contribution in [-0.2, 0) is 0 Å². The zero-order valence-electron chi connectivity index (χ0n) is 25.7. The first kappa shape index (κ1) is 29.5. The largest absolute Gasteiger partial charge is 0.352 e. The van der Waals surface area contributed by atoms with Gasteiger partial charge >= 0.3 is 0 Å². The number of allylic oxidation sites excluding steroid dienone is 2. The van der Waals surface area contributed by atoms with Gasteiger partial charge in [0.15, 0.2) is 5.82 Å². The topological polar surface area (TPSA) is 96.8 Å². The molecular formula is C35H37FN8. The van der Waals surface area contributed by atoms with Crippen LogP contribution in [-0.4, -0.2) is 65.0 Å². The predicted molar refractivity (Wildman–Crippen MR) is 174 cm³/mol. The number of piperidine rings is 1. The van der Waals surface area contributed by atoms with Crippen molar-refractivity contribution < 1.29 is 4.39 Å². The summed E-state index contributed by atoms with van der Waals surface area (Å²) < 4.78 is 19.1. The van der Waals surface area contributed by atoms with Crippen LogP contribution < -0.4 is 10.2 Å². The maximum absolute atomic E-state index is 17.0. The fourth-order valence-electron chi connectivity index (χ4n) is 6.76. The van der Waals surface area contributed by atoms with E-state index < -0.39 is 5.82 Å². The molecule has 0 spiro atoms. The van der Waals surface area contributed by atoms with E-state index in [9.17, 15) is 10.5 Å². The average Bonchev–Trinajstić information content (AvgIpc) is 3.44. The smallest absolute Gasteiger partial charge is 0.157 e. The number of halogens is 1. The number of pyridine rings is 1. The molecule has 1 unspecified atom stereocenters. The molecule has 2 atom stereocenters. The highest BCUT2D eigenvalue weighted by atomic mass is 19.1. The van der Waals surface area contributed by atoms with Crippen molar-refractivity contribution >= 4 is 33.7 Å². The third-order valence-electron chi connectivity index (χ3n) is 9.43. The third kappa shape index (κ3) is 4.83. The number of hydrogen-bond acceptors (Lipinski definition) is 7. The van der Waals surface area contributed by atoms with Crippen LogP contribution in [0.15, 0.2) is 49.2 Å². The van der Waals surface area contributed by atoms with Crippen molar-refractivity contribution in [2.75, 3.05) is 38.6 Å². The van der Waals surface area contributed by atoms with E-state index in [1.807, 2.05) is 42.1 Å². The molecule has 0 bridgehead atoms. The Labute approximate surface area is 257 Å². The SMILES string of the molecule is C=C/C=C\c1cccc(-c2c(C)cc3c(nc(N4CC(C)(N(C)C)C4)c4cnn(C5CCN[C@H](CC#N)C5)c43)c2F)c1C#N. The van der Waals surface area contributed by atoms with Crippen LogP contribution >= 0.6 is 0 Å². The number of nitrogens with one attached hydrogen (secondary N) is 1. The maximum Gasteiger partial charge on any atom is 0.157 e.